The molecule has 0 bridgehead atoms. The van der Waals surface area contributed by atoms with E-state index in [1.54, 1.807) is 35.6 Å². The highest BCUT2D eigenvalue weighted by Crippen LogP contribution is 2.39. The van der Waals surface area contributed by atoms with Crippen LogP contribution in [0.25, 0.3) is 10.2 Å². The molecule has 4 rings (SSSR count). The summed E-state index contributed by atoms with van der Waals surface area (Å²) in [6.07, 6.45) is 6.08. The molecule has 1 amide bonds. The lowest BCUT2D eigenvalue weighted by atomic mass is 10.1. The summed E-state index contributed by atoms with van der Waals surface area (Å²) in [5.74, 6) is 1.02. The van der Waals surface area contributed by atoms with Gasteiger partial charge in [-0.25, -0.2) is 9.97 Å². The van der Waals surface area contributed by atoms with Crippen LogP contribution in [-0.2, 0) is 6.54 Å². The van der Waals surface area contributed by atoms with Crippen molar-refractivity contribution >= 4 is 44.2 Å². The van der Waals surface area contributed by atoms with E-state index in [2.05, 4.69) is 9.97 Å². The highest BCUT2D eigenvalue weighted by Gasteiger charge is 2.25. The van der Waals surface area contributed by atoms with Gasteiger partial charge in [0.2, 0.25) is 5.75 Å². The van der Waals surface area contributed by atoms with E-state index in [4.69, 9.17) is 25.8 Å². The quantitative estimate of drug-likeness (QED) is 0.334. The number of hydrogen-bond donors (Lipinski definition) is 0. The Labute approximate surface area is 200 Å². The third kappa shape index (κ3) is 4.74. The van der Waals surface area contributed by atoms with Gasteiger partial charge in [0, 0.05) is 31.0 Å². The molecule has 2 aromatic carbocycles. The van der Waals surface area contributed by atoms with Crippen LogP contribution in [0.3, 0.4) is 0 Å². The molecule has 172 valence electrons. The Kier molecular flexibility index (Phi) is 7.00. The van der Waals surface area contributed by atoms with Crippen LogP contribution in [0.15, 0.2) is 49.1 Å². The molecule has 0 saturated heterocycles. The summed E-state index contributed by atoms with van der Waals surface area (Å²) in [5, 5.41) is 1.12. The Bertz CT molecular complexity index is 1230. The second kappa shape index (κ2) is 10.1. The van der Waals surface area contributed by atoms with Crippen LogP contribution < -0.4 is 19.1 Å². The second-order valence-electron chi connectivity index (χ2n) is 7.11. The first kappa shape index (κ1) is 22.9. The van der Waals surface area contributed by atoms with Gasteiger partial charge < -0.3 is 18.8 Å². The van der Waals surface area contributed by atoms with Crippen molar-refractivity contribution in [2.24, 2.45) is 0 Å². The zero-order chi connectivity index (χ0) is 23.4. The molecule has 2 heterocycles. The van der Waals surface area contributed by atoms with Crippen LogP contribution in [-0.4, -0.2) is 48.3 Å². The number of fused-ring (bicyclic) bond motifs is 1. The molecule has 0 N–H and O–H groups in total. The lowest BCUT2D eigenvalue weighted by Crippen LogP contribution is -2.32. The number of rotatable bonds is 9. The fourth-order valence-electron chi connectivity index (χ4n) is 3.49. The predicted molar refractivity (Wildman–Crippen MR) is 129 cm³/mol. The Morgan fingerprint density at radius 2 is 1.91 bits per heavy atom. The number of halogens is 1. The zero-order valence-corrected chi connectivity index (χ0v) is 20.0. The topological polar surface area (TPSA) is 78.7 Å². The molecule has 4 aromatic rings. The molecule has 0 radical (unpaired) electrons. The van der Waals surface area contributed by atoms with Gasteiger partial charge in [0.05, 0.1) is 37.4 Å². The van der Waals surface area contributed by atoms with Crippen molar-refractivity contribution in [2.75, 3.05) is 32.8 Å². The Hall–Kier alpha value is -3.30. The van der Waals surface area contributed by atoms with Gasteiger partial charge in [-0.3, -0.25) is 9.69 Å². The minimum Gasteiger partial charge on any atom is -0.493 e. The van der Waals surface area contributed by atoms with E-state index in [9.17, 15) is 4.79 Å². The number of imidazole rings is 1. The van der Waals surface area contributed by atoms with Crippen LogP contribution in [0, 0.1) is 0 Å². The molecule has 0 aliphatic carbocycles. The van der Waals surface area contributed by atoms with E-state index in [1.807, 2.05) is 22.9 Å². The van der Waals surface area contributed by atoms with Crippen molar-refractivity contribution in [2.45, 2.75) is 13.0 Å². The number of carbonyl (C=O) groups excluding carboxylic acids is 1. The average Bonchev–Trinajstić information content (AvgIpc) is 3.51. The number of carbonyl (C=O) groups is 1. The number of aromatic nitrogens is 3. The monoisotopic (exact) mass is 486 g/mol. The standard InChI is InChI=1S/C23H23ClN4O4S/c1-30-17-12-15(13-18(31-2)21(17)32-3)22(29)28(10-5-9-27-11-8-25-14-27)23-26-20-16(24)6-4-7-19(20)33-23/h4,6-8,11-14H,5,9-10H2,1-3H3. The Morgan fingerprint density at radius 1 is 1.15 bits per heavy atom. The second-order valence-corrected chi connectivity index (χ2v) is 8.52. The van der Waals surface area contributed by atoms with E-state index in [0.29, 0.717) is 58.0 Å². The smallest absolute Gasteiger partial charge is 0.260 e. The first-order chi connectivity index (χ1) is 16.0. The zero-order valence-electron chi connectivity index (χ0n) is 18.4. The SMILES string of the molecule is COc1cc(C(=O)N(CCCn2ccnc2)c2nc3c(Cl)cccc3s2)cc(OC)c1OC. The van der Waals surface area contributed by atoms with Crippen molar-refractivity contribution in [3.8, 4) is 17.2 Å². The van der Waals surface area contributed by atoms with Gasteiger partial charge in [-0.1, -0.05) is 29.0 Å². The number of nitrogens with zero attached hydrogens (tertiary/aromatic N) is 4. The third-order valence-electron chi connectivity index (χ3n) is 5.10. The van der Waals surface area contributed by atoms with Gasteiger partial charge in [-0.05, 0) is 30.7 Å². The molecule has 2 aromatic heterocycles. The summed E-state index contributed by atoms with van der Waals surface area (Å²) in [5.41, 5.74) is 1.08. The highest BCUT2D eigenvalue weighted by atomic mass is 35.5. The molecule has 8 nitrogen and oxygen atoms in total. The molecular weight excluding hydrogens is 464 g/mol. The number of anilines is 1. The molecule has 10 heteroatoms. The molecule has 0 atom stereocenters. The molecule has 0 aliphatic rings. The lowest BCUT2D eigenvalue weighted by Gasteiger charge is -2.21. The van der Waals surface area contributed by atoms with Crippen LogP contribution in [0.1, 0.15) is 16.8 Å². The summed E-state index contributed by atoms with van der Waals surface area (Å²) < 4.78 is 19.1. The Morgan fingerprint density at radius 3 is 2.52 bits per heavy atom. The van der Waals surface area contributed by atoms with Crippen LogP contribution in [0.2, 0.25) is 5.02 Å². The molecule has 0 fully saturated rings. The minimum absolute atomic E-state index is 0.227. The molecule has 0 spiro atoms. The van der Waals surface area contributed by atoms with E-state index in [1.165, 1.54) is 32.7 Å². The normalized spacial score (nSPS) is 10.9. The lowest BCUT2D eigenvalue weighted by molar-refractivity contribution is 0.0985. The number of aryl methyl sites for hydroxylation is 1. The van der Waals surface area contributed by atoms with Crippen molar-refractivity contribution in [3.63, 3.8) is 0 Å². The summed E-state index contributed by atoms with van der Waals surface area (Å²) in [7, 11) is 4.56. The van der Waals surface area contributed by atoms with Crippen molar-refractivity contribution in [1.82, 2.24) is 14.5 Å². The molecule has 0 aliphatic heterocycles. The van der Waals surface area contributed by atoms with E-state index < -0.39 is 0 Å². The van der Waals surface area contributed by atoms with Crippen LogP contribution in [0.5, 0.6) is 17.2 Å². The van der Waals surface area contributed by atoms with Gasteiger partial charge in [-0.15, -0.1) is 0 Å². The molecular formula is C23H23ClN4O4S. The third-order valence-corrected chi connectivity index (χ3v) is 6.45. The van der Waals surface area contributed by atoms with Crippen molar-refractivity contribution < 1.29 is 19.0 Å². The van der Waals surface area contributed by atoms with Crippen LogP contribution in [0.4, 0.5) is 5.13 Å². The number of thiazole rings is 1. The van der Waals surface area contributed by atoms with Crippen molar-refractivity contribution in [1.29, 1.82) is 0 Å². The molecule has 0 saturated carbocycles. The van der Waals surface area contributed by atoms with E-state index in [0.717, 1.165) is 4.70 Å². The van der Waals surface area contributed by atoms with Gasteiger partial charge >= 0.3 is 0 Å². The number of benzene rings is 2. The number of amides is 1. The summed E-state index contributed by atoms with van der Waals surface area (Å²) >= 11 is 7.76. The first-order valence-corrected chi connectivity index (χ1v) is 11.4. The van der Waals surface area contributed by atoms with Crippen molar-refractivity contribution in [3.05, 3.63) is 59.6 Å². The predicted octanol–water partition coefficient (Wildman–Crippen LogP) is 4.91. The van der Waals surface area contributed by atoms with Gasteiger partial charge in [0.15, 0.2) is 16.6 Å². The number of ether oxygens (including phenoxy) is 3. The fourth-order valence-corrected chi connectivity index (χ4v) is 4.78. The fraction of sp³-hybridized carbons (Fsp3) is 0.261. The summed E-state index contributed by atoms with van der Waals surface area (Å²) in [4.78, 5) is 24.1. The maximum atomic E-state index is 13.7. The number of hydrogen-bond acceptors (Lipinski definition) is 7. The Balaban J connectivity index is 1.71. The average molecular weight is 487 g/mol. The number of para-hydroxylation sites is 1. The van der Waals surface area contributed by atoms with E-state index in [-0.39, 0.29) is 5.91 Å². The minimum atomic E-state index is -0.227. The molecule has 0 unspecified atom stereocenters. The summed E-state index contributed by atoms with van der Waals surface area (Å²) in [6.45, 7) is 1.16. The first-order valence-electron chi connectivity index (χ1n) is 10.2. The van der Waals surface area contributed by atoms with Gasteiger partial charge in [-0.2, -0.15) is 0 Å². The highest BCUT2D eigenvalue weighted by molar-refractivity contribution is 7.22. The van der Waals surface area contributed by atoms with Gasteiger partial charge in [0.25, 0.3) is 5.91 Å². The number of methoxy groups -OCH3 is 3. The van der Waals surface area contributed by atoms with Gasteiger partial charge in [0.1, 0.15) is 5.52 Å². The molecule has 33 heavy (non-hydrogen) atoms. The van der Waals surface area contributed by atoms with Crippen LogP contribution >= 0.6 is 22.9 Å². The van der Waals surface area contributed by atoms with E-state index >= 15 is 0 Å². The maximum absolute atomic E-state index is 13.7. The largest absolute Gasteiger partial charge is 0.493 e. The maximum Gasteiger partial charge on any atom is 0.260 e. The summed E-state index contributed by atoms with van der Waals surface area (Å²) in [6, 6.07) is 8.89.